The number of hydrogen-bond acceptors (Lipinski definition) is 2. The van der Waals surface area contributed by atoms with Crippen molar-refractivity contribution in [2.45, 2.75) is 6.61 Å². The molecule has 0 amide bonds. The van der Waals surface area contributed by atoms with Crippen LogP contribution in [0, 0.1) is 0 Å². The molecule has 0 N–H and O–H groups in total. The molecule has 0 aromatic heterocycles. The Morgan fingerprint density at radius 3 is 2.11 bits per heavy atom. The summed E-state index contributed by atoms with van der Waals surface area (Å²) in [5.41, 5.74) is 1.15. The summed E-state index contributed by atoms with van der Waals surface area (Å²) in [6.07, 6.45) is 0. The van der Waals surface area contributed by atoms with Crippen LogP contribution in [0.2, 0.25) is 10.0 Å². The summed E-state index contributed by atoms with van der Waals surface area (Å²) in [7, 11) is 0. The zero-order chi connectivity index (χ0) is 13.8. The summed E-state index contributed by atoms with van der Waals surface area (Å²) in [6, 6.07) is 11.8. The maximum Gasteiger partial charge on any atom is 0.252 e. The SMILES string of the molecule is O=C(Cl)c1ccc(OCc2c(Cl)cccc2Cl)cc1. The Morgan fingerprint density at radius 2 is 1.58 bits per heavy atom. The fourth-order valence-corrected chi connectivity index (χ4v) is 2.14. The fourth-order valence-electron chi connectivity index (χ4n) is 1.51. The van der Waals surface area contributed by atoms with Gasteiger partial charge in [0.1, 0.15) is 12.4 Å². The van der Waals surface area contributed by atoms with Crippen LogP contribution >= 0.6 is 34.8 Å². The lowest BCUT2D eigenvalue weighted by atomic mass is 10.2. The molecular weight excluding hydrogens is 307 g/mol. The second kappa shape index (κ2) is 6.29. The Balaban J connectivity index is 2.08. The molecule has 2 rings (SSSR count). The molecule has 0 aliphatic heterocycles. The van der Waals surface area contributed by atoms with E-state index in [-0.39, 0.29) is 6.61 Å². The van der Waals surface area contributed by atoms with Gasteiger partial charge in [-0.3, -0.25) is 4.79 Å². The first kappa shape index (κ1) is 14.2. The highest BCUT2D eigenvalue weighted by Gasteiger charge is 2.07. The smallest absolute Gasteiger partial charge is 0.252 e. The van der Waals surface area contributed by atoms with Crippen LogP contribution < -0.4 is 4.74 Å². The third kappa shape index (κ3) is 3.63. The minimum absolute atomic E-state index is 0.257. The number of rotatable bonds is 4. The van der Waals surface area contributed by atoms with E-state index < -0.39 is 5.24 Å². The van der Waals surface area contributed by atoms with Crippen LogP contribution in [-0.2, 0) is 6.61 Å². The maximum absolute atomic E-state index is 10.9. The van der Waals surface area contributed by atoms with Crippen molar-refractivity contribution >= 4 is 40.0 Å². The van der Waals surface area contributed by atoms with Crippen molar-refractivity contribution in [1.82, 2.24) is 0 Å². The molecule has 0 aliphatic carbocycles. The molecule has 0 saturated carbocycles. The molecule has 2 aromatic carbocycles. The lowest BCUT2D eigenvalue weighted by Gasteiger charge is -2.09. The highest BCUT2D eigenvalue weighted by Crippen LogP contribution is 2.26. The molecule has 0 radical (unpaired) electrons. The molecule has 0 unspecified atom stereocenters. The van der Waals surface area contributed by atoms with E-state index >= 15 is 0 Å². The number of carbonyl (C=O) groups is 1. The summed E-state index contributed by atoms with van der Waals surface area (Å²) in [4.78, 5) is 10.9. The van der Waals surface area contributed by atoms with E-state index in [1.807, 2.05) is 0 Å². The van der Waals surface area contributed by atoms with Crippen molar-refractivity contribution in [2.75, 3.05) is 0 Å². The summed E-state index contributed by atoms with van der Waals surface area (Å²) < 4.78 is 5.57. The standard InChI is InChI=1S/C14H9Cl3O2/c15-12-2-1-3-13(16)11(12)8-19-10-6-4-9(5-7-10)14(17)18/h1-7H,8H2. The minimum atomic E-state index is -0.499. The molecule has 0 spiro atoms. The van der Waals surface area contributed by atoms with Gasteiger partial charge in [0.05, 0.1) is 0 Å². The molecule has 19 heavy (non-hydrogen) atoms. The average Bonchev–Trinajstić information content (AvgIpc) is 2.38. The molecule has 5 heteroatoms. The van der Waals surface area contributed by atoms with Gasteiger partial charge in [-0.25, -0.2) is 0 Å². The van der Waals surface area contributed by atoms with Gasteiger partial charge < -0.3 is 4.74 Å². The van der Waals surface area contributed by atoms with Crippen molar-refractivity contribution in [3.8, 4) is 5.75 Å². The van der Waals surface area contributed by atoms with Crippen molar-refractivity contribution < 1.29 is 9.53 Å². The second-order valence-electron chi connectivity index (χ2n) is 3.79. The van der Waals surface area contributed by atoms with Crippen LogP contribution in [0.15, 0.2) is 42.5 Å². The molecule has 0 fully saturated rings. The molecular formula is C14H9Cl3O2. The van der Waals surface area contributed by atoms with Crippen molar-refractivity contribution in [3.63, 3.8) is 0 Å². The number of halogens is 3. The van der Waals surface area contributed by atoms with Gasteiger partial charge in [0.2, 0.25) is 0 Å². The van der Waals surface area contributed by atoms with E-state index in [9.17, 15) is 4.79 Å². The van der Waals surface area contributed by atoms with Crippen LogP contribution in [0.25, 0.3) is 0 Å². The third-order valence-electron chi connectivity index (χ3n) is 2.53. The molecule has 0 heterocycles. The van der Waals surface area contributed by atoms with E-state index in [1.165, 1.54) is 0 Å². The van der Waals surface area contributed by atoms with E-state index in [2.05, 4.69) is 0 Å². The first-order valence-corrected chi connectivity index (χ1v) is 6.57. The lowest BCUT2D eigenvalue weighted by molar-refractivity contribution is 0.108. The highest BCUT2D eigenvalue weighted by atomic mass is 35.5. The molecule has 0 bridgehead atoms. The minimum Gasteiger partial charge on any atom is -0.489 e. The second-order valence-corrected chi connectivity index (χ2v) is 4.94. The average molecular weight is 316 g/mol. The van der Waals surface area contributed by atoms with Crippen molar-refractivity contribution in [2.24, 2.45) is 0 Å². The van der Waals surface area contributed by atoms with Crippen molar-refractivity contribution in [3.05, 3.63) is 63.6 Å². The number of ether oxygens (including phenoxy) is 1. The first-order valence-electron chi connectivity index (χ1n) is 5.43. The summed E-state index contributed by atoms with van der Waals surface area (Å²) >= 11 is 17.4. The Morgan fingerprint density at radius 1 is 1.00 bits per heavy atom. The lowest BCUT2D eigenvalue weighted by Crippen LogP contribution is -1.98. The number of benzene rings is 2. The van der Waals surface area contributed by atoms with Gasteiger partial charge in [-0.15, -0.1) is 0 Å². The maximum atomic E-state index is 10.9. The first-order chi connectivity index (χ1) is 9.08. The van der Waals surface area contributed by atoms with Gasteiger partial charge in [-0.05, 0) is 48.0 Å². The molecule has 2 nitrogen and oxygen atoms in total. The number of hydrogen-bond donors (Lipinski definition) is 0. The van der Waals surface area contributed by atoms with Gasteiger partial charge in [-0.2, -0.15) is 0 Å². The Labute approximate surface area is 125 Å². The van der Waals surface area contributed by atoms with Crippen LogP contribution in [0.5, 0.6) is 5.75 Å². The Bertz CT molecular complexity index is 574. The predicted octanol–water partition coefficient (Wildman–Crippen LogP) is 4.95. The van der Waals surface area contributed by atoms with Gasteiger partial charge in [-0.1, -0.05) is 29.3 Å². The summed E-state index contributed by atoms with van der Waals surface area (Å²) in [5.74, 6) is 0.609. The molecule has 0 saturated heterocycles. The summed E-state index contributed by atoms with van der Waals surface area (Å²) in [5, 5.41) is 0.612. The van der Waals surface area contributed by atoms with E-state index in [0.29, 0.717) is 21.4 Å². The molecule has 0 aliphatic rings. The Hall–Kier alpha value is -1.22. The van der Waals surface area contributed by atoms with Gasteiger partial charge in [0.25, 0.3) is 5.24 Å². The molecule has 2 aromatic rings. The summed E-state index contributed by atoms with van der Waals surface area (Å²) in [6.45, 7) is 0.257. The van der Waals surface area contributed by atoms with E-state index in [4.69, 9.17) is 39.5 Å². The topological polar surface area (TPSA) is 26.3 Å². The normalized spacial score (nSPS) is 10.3. The van der Waals surface area contributed by atoms with Crippen LogP contribution in [0.4, 0.5) is 0 Å². The zero-order valence-electron chi connectivity index (χ0n) is 9.70. The fraction of sp³-hybridized carbons (Fsp3) is 0.0714. The van der Waals surface area contributed by atoms with Crippen LogP contribution in [0.1, 0.15) is 15.9 Å². The van der Waals surface area contributed by atoms with Crippen molar-refractivity contribution in [1.29, 1.82) is 0 Å². The van der Waals surface area contributed by atoms with Crippen LogP contribution in [-0.4, -0.2) is 5.24 Å². The third-order valence-corrected chi connectivity index (χ3v) is 3.45. The number of carbonyl (C=O) groups excluding carboxylic acids is 1. The van der Waals surface area contributed by atoms with E-state index in [0.717, 1.165) is 5.56 Å². The largest absolute Gasteiger partial charge is 0.489 e. The van der Waals surface area contributed by atoms with E-state index in [1.54, 1.807) is 42.5 Å². The Kier molecular flexibility index (Phi) is 4.70. The highest BCUT2D eigenvalue weighted by molar-refractivity contribution is 6.67. The van der Waals surface area contributed by atoms with Crippen LogP contribution in [0.3, 0.4) is 0 Å². The molecule has 0 atom stereocenters. The quantitative estimate of drug-likeness (QED) is 0.746. The predicted molar refractivity (Wildman–Crippen MR) is 77.4 cm³/mol. The van der Waals surface area contributed by atoms with Gasteiger partial charge >= 0.3 is 0 Å². The zero-order valence-corrected chi connectivity index (χ0v) is 12.0. The van der Waals surface area contributed by atoms with Gasteiger partial charge in [0.15, 0.2) is 0 Å². The van der Waals surface area contributed by atoms with Gasteiger partial charge in [0, 0.05) is 21.2 Å². The monoisotopic (exact) mass is 314 g/mol. The molecule has 98 valence electrons.